The van der Waals surface area contributed by atoms with Crippen LogP contribution in [0.1, 0.15) is 21.7 Å². The zero-order valence-corrected chi connectivity index (χ0v) is 12.3. The fraction of sp³-hybridized carbons (Fsp3) is 0.250. The average Bonchev–Trinajstić information content (AvgIpc) is 2.82. The second-order valence-electron chi connectivity index (χ2n) is 3.88. The molecule has 1 N–H and O–H groups in total. The zero-order valence-electron chi connectivity index (χ0n) is 10.7. The molecule has 7 nitrogen and oxygen atoms in total. The Hall–Kier alpha value is -2.09. The van der Waals surface area contributed by atoms with Crippen molar-refractivity contribution >= 4 is 21.9 Å². The molecule has 0 aliphatic carbocycles. The number of halogens is 1. The van der Waals surface area contributed by atoms with Crippen LogP contribution in [0.2, 0.25) is 0 Å². The minimum absolute atomic E-state index is 0.0976. The van der Waals surface area contributed by atoms with E-state index in [4.69, 9.17) is 14.6 Å². The summed E-state index contributed by atoms with van der Waals surface area (Å²) < 4.78 is 15.8. The topological polar surface area (TPSA) is 94.7 Å². The fourth-order valence-corrected chi connectivity index (χ4v) is 2.06. The SMILES string of the molecule is COc1cc(C(=O)O)cc(Br)c1OCc1nonc1C. The normalized spacial score (nSPS) is 10.3. The maximum absolute atomic E-state index is 11.0. The van der Waals surface area contributed by atoms with E-state index in [1.807, 2.05) is 0 Å². The van der Waals surface area contributed by atoms with E-state index in [0.29, 0.717) is 27.4 Å². The van der Waals surface area contributed by atoms with Crippen molar-refractivity contribution in [1.29, 1.82) is 0 Å². The number of aryl methyl sites for hydroxylation is 1. The fourth-order valence-electron chi connectivity index (χ4n) is 1.50. The van der Waals surface area contributed by atoms with Gasteiger partial charge in [0.25, 0.3) is 0 Å². The van der Waals surface area contributed by atoms with Crippen LogP contribution >= 0.6 is 15.9 Å². The van der Waals surface area contributed by atoms with Crippen LogP contribution in [0, 0.1) is 6.92 Å². The summed E-state index contributed by atoms with van der Waals surface area (Å²) in [7, 11) is 1.43. The van der Waals surface area contributed by atoms with Gasteiger partial charge in [-0.05, 0) is 35.0 Å². The monoisotopic (exact) mass is 342 g/mol. The number of nitrogens with zero attached hydrogens (tertiary/aromatic N) is 2. The third-order valence-electron chi connectivity index (χ3n) is 2.58. The van der Waals surface area contributed by atoms with Gasteiger partial charge < -0.3 is 14.6 Å². The molecule has 8 heteroatoms. The Kier molecular flexibility index (Phi) is 4.23. The number of aromatic nitrogens is 2. The number of hydrogen-bond acceptors (Lipinski definition) is 6. The van der Waals surface area contributed by atoms with Crippen molar-refractivity contribution in [3.63, 3.8) is 0 Å². The molecule has 0 saturated carbocycles. The van der Waals surface area contributed by atoms with Crippen LogP contribution in [0.4, 0.5) is 0 Å². The van der Waals surface area contributed by atoms with Crippen molar-refractivity contribution in [1.82, 2.24) is 10.3 Å². The number of methoxy groups -OCH3 is 1. The van der Waals surface area contributed by atoms with Gasteiger partial charge in [-0.3, -0.25) is 0 Å². The minimum atomic E-state index is -1.05. The van der Waals surface area contributed by atoms with Gasteiger partial charge in [0.15, 0.2) is 11.5 Å². The summed E-state index contributed by atoms with van der Waals surface area (Å²) in [5.41, 5.74) is 1.28. The molecule has 106 valence electrons. The van der Waals surface area contributed by atoms with Crippen molar-refractivity contribution in [2.75, 3.05) is 7.11 Å². The number of carbonyl (C=O) groups is 1. The lowest BCUT2D eigenvalue weighted by molar-refractivity contribution is 0.0696. The Morgan fingerprint density at radius 2 is 2.20 bits per heavy atom. The smallest absolute Gasteiger partial charge is 0.335 e. The summed E-state index contributed by atoms with van der Waals surface area (Å²) in [6, 6.07) is 2.82. The first-order chi connectivity index (χ1) is 9.52. The largest absolute Gasteiger partial charge is 0.493 e. The molecule has 0 aliphatic rings. The summed E-state index contributed by atoms with van der Waals surface area (Å²) >= 11 is 3.26. The van der Waals surface area contributed by atoms with Crippen LogP contribution in [0.3, 0.4) is 0 Å². The van der Waals surface area contributed by atoms with Crippen molar-refractivity contribution in [3.8, 4) is 11.5 Å². The predicted octanol–water partition coefficient (Wildman–Crippen LogP) is 2.43. The second-order valence-corrected chi connectivity index (χ2v) is 4.73. The van der Waals surface area contributed by atoms with E-state index in [0.717, 1.165) is 0 Å². The minimum Gasteiger partial charge on any atom is -0.493 e. The molecule has 0 fully saturated rings. The first-order valence-electron chi connectivity index (χ1n) is 5.54. The highest BCUT2D eigenvalue weighted by molar-refractivity contribution is 9.10. The maximum atomic E-state index is 11.0. The van der Waals surface area contributed by atoms with Gasteiger partial charge in [0.2, 0.25) is 0 Å². The third-order valence-corrected chi connectivity index (χ3v) is 3.17. The Balaban J connectivity index is 2.27. The van der Waals surface area contributed by atoms with Crippen LogP contribution < -0.4 is 9.47 Å². The molecule has 0 amide bonds. The second kappa shape index (κ2) is 5.91. The molecule has 1 aromatic carbocycles. The van der Waals surface area contributed by atoms with E-state index in [1.165, 1.54) is 19.2 Å². The Morgan fingerprint density at radius 3 is 2.75 bits per heavy atom. The van der Waals surface area contributed by atoms with Gasteiger partial charge in [-0.2, -0.15) is 0 Å². The number of aromatic carboxylic acids is 1. The van der Waals surface area contributed by atoms with E-state index < -0.39 is 5.97 Å². The Bertz CT molecular complexity index is 641. The van der Waals surface area contributed by atoms with Gasteiger partial charge in [-0.1, -0.05) is 10.3 Å². The van der Waals surface area contributed by atoms with Crippen molar-refractivity contribution < 1.29 is 24.0 Å². The number of benzene rings is 1. The Labute approximate surface area is 122 Å². The van der Waals surface area contributed by atoms with Crippen molar-refractivity contribution in [3.05, 3.63) is 33.6 Å². The van der Waals surface area contributed by atoms with Gasteiger partial charge in [0, 0.05) is 0 Å². The summed E-state index contributed by atoms with van der Waals surface area (Å²) in [6.45, 7) is 1.88. The highest BCUT2D eigenvalue weighted by Gasteiger charge is 2.16. The van der Waals surface area contributed by atoms with Crippen molar-refractivity contribution in [2.45, 2.75) is 13.5 Å². The van der Waals surface area contributed by atoms with E-state index in [-0.39, 0.29) is 12.2 Å². The van der Waals surface area contributed by atoms with E-state index in [2.05, 4.69) is 30.9 Å². The number of carboxylic acids is 1. The molecular weight excluding hydrogens is 332 g/mol. The molecule has 0 aliphatic heterocycles. The lowest BCUT2D eigenvalue weighted by Gasteiger charge is -2.12. The standard InChI is InChI=1S/C12H11BrN2O5/c1-6-9(15-20-14-6)5-19-11-8(13)3-7(12(16)17)4-10(11)18-2/h3-4H,5H2,1-2H3,(H,16,17). The van der Waals surface area contributed by atoms with Gasteiger partial charge >= 0.3 is 5.97 Å². The molecule has 2 rings (SSSR count). The van der Waals surface area contributed by atoms with E-state index in [9.17, 15) is 4.79 Å². The summed E-state index contributed by atoms with van der Waals surface area (Å²) in [5, 5.41) is 16.3. The molecular formula is C12H11BrN2O5. The summed E-state index contributed by atoms with van der Waals surface area (Å²) in [5.74, 6) is -0.349. The maximum Gasteiger partial charge on any atom is 0.335 e. The predicted molar refractivity (Wildman–Crippen MR) is 71.0 cm³/mol. The van der Waals surface area contributed by atoms with Crippen LogP contribution in [0.5, 0.6) is 11.5 Å². The number of rotatable bonds is 5. The molecule has 1 aromatic heterocycles. The van der Waals surface area contributed by atoms with Crippen LogP contribution in [-0.4, -0.2) is 28.5 Å². The van der Waals surface area contributed by atoms with Crippen molar-refractivity contribution in [2.24, 2.45) is 0 Å². The van der Waals surface area contributed by atoms with Gasteiger partial charge in [0.1, 0.15) is 18.0 Å². The van der Waals surface area contributed by atoms with Crippen LogP contribution in [0.25, 0.3) is 0 Å². The first-order valence-corrected chi connectivity index (χ1v) is 6.34. The van der Waals surface area contributed by atoms with Gasteiger partial charge in [-0.25, -0.2) is 9.42 Å². The van der Waals surface area contributed by atoms with Gasteiger partial charge in [0.05, 0.1) is 17.1 Å². The molecule has 0 atom stereocenters. The van der Waals surface area contributed by atoms with E-state index in [1.54, 1.807) is 6.92 Å². The zero-order chi connectivity index (χ0) is 14.7. The van der Waals surface area contributed by atoms with Crippen LogP contribution in [0.15, 0.2) is 21.2 Å². The van der Waals surface area contributed by atoms with E-state index >= 15 is 0 Å². The highest BCUT2D eigenvalue weighted by Crippen LogP contribution is 2.37. The molecule has 0 spiro atoms. The molecule has 20 heavy (non-hydrogen) atoms. The number of ether oxygens (including phenoxy) is 2. The summed E-state index contributed by atoms with van der Waals surface area (Å²) in [4.78, 5) is 11.0. The number of carboxylic acid groups (broad SMARTS) is 1. The molecule has 0 radical (unpaired) electrons. The lowest BCUT2D eigenvalue weighted by atomic mass is 10.2. The molecule has 2 aromatic rings. The highest BCUT2D eigenvalue weighted by atomic mass is 79.9. The lowest BCUT2D eigenvalue weighted by Crippen LogP contribution is -2.03. The summed E-state index contributed by atoms with van der Waals surface area (Å²) in [6.07, 6.45) is 0. The first kappa shape index (κ1) is 14.3. The molecule has 0 unspecified atom stereocenters. The molecule has 1 heterocycles. The quantitative estimate of drug-likeness (QED) is 0.891. The third kappa shape index (κ3) is 2.90. The Morgan fingerprint density at radius 1 is 1.45 bits per heavy atom. The molecule has 0 saturated heterocycles. The van der Waals surface area contributed by atoms with Gasteiger partial charge in [-0.15, -0.1) is 0 Å². The average molecular weight is 343 g/mol. The van der Waals surface area contributed by atoms with Crippen LogP contribution in [-0.2, 0) is 6.61 Å². The molecule has 0 bridgehead atoms. The number of hydrogen-bond donors (Lipinski definition) is 1.